The zero-order valence-electron chi connectivity index (χ0n) is 12.9. The predicted octanol–water partition coefficient (Wildman–Crippen LogP) is 4.22. The molecule has 0 amide bonds. The van der Waals surface area contributed by atoms with E-state index in [1.807, 2.05) is 24.3 Å². The lowest BCUT2D eigenvalue weighted by Crippen LogP contribution is -2.31. The van der Waals surface area contributed by atoms with Crippen LogP contribution in [0.4, 0.5) is 0 Å². The maximum atomic E-state index is 5.51. The number of hydrogen-bond acceptors (Lipinski definition) is 4. The average Bonchev–Trinajstić information content (AvgIpc) is 2.62. The molecule has 23 heavy (non-hydrogen) atoms. The molecule has 0 saturated heterocycles. The Morgan fingerprint density at radius 2 is 2.04 bits per heavy atom. The molecule has 0 saturated carbocycles. The Balaban J connectivity index is 2.05. The van der Waals surface area contributed by atoms with Crippen molar-refractivity contribution in [3.63, 3.8) is 0 Å². The summed E-state index contributed by atoms with van der Waals surface area (Å²) < 4.78 is 6.52. The third kappa shape index (κ3) is 3.56. The number of nitrogens with one attached hydrogen (secondary N) is 1. The normalized spacial score (nSPS) is 15.5. The Kier molecular flexibility index (Phi) is 5.28. The van der Waals surface area contributed by atoms with Crippen molar-refractivity contribution in [2.75, 3.05) is 20.2 Å². The Hall–Kier alpha value is -1.46. The van der Waals surface area contributed by atoms with Crippen LogP contribution in [0.5, 0.6) is 5.75 Å². The summed E-state index contributed by atoms with van der Waals surface area (Å²) in [5, 5.41) is 3.31. The molecule has 0 radical (unpaired) electrons. The average molecular weight is 391 g/mol. The summed E-state index contributed by atoms with van der Waals surface area (Å²) in [4.78, 5) is 4.63. The van der Waals surface area contributed by atoms with Gasteiger partial charge in [-0.25, -0.2) is 0 Å². The van der Waals surface area contributed by atoms with E-state index >= 15 is 0 Å². The minimum atomic E-state index is -0.0925. The third-order valence-corrected chi connectivity index (χ3v) is 4.94. The van der Waals surface area contributed by atoms with Gasteiger partial charge in [0.2, 0.25) is 0 Å². The van der Waals surface area contributed by atoms with E-state index in [1.165, 1.54) is 0 Å². The fourth-order valence-corrected chi connectivity index (χ4v) is 3.56. The van der Waals surface area contributed by atoms with E-state index in [0.717, 1.165) is 52.3 Å². The molecule has 1 atom stereocenters. The first-order valence-electron chi connectivity index (χ1n) is 7.60. The second-order valence-electron chi connectivity index (χ2n) is 5.39. The van der Waals surface area contributed by atoms with Gasteiger partial charge in [0.15, 0.2) is 0 Å². The van der Waals surface area contributed by atoms with E-state index in [9.17, 15) is 0 Å². The molecule has 2 aromatic rings. The second kappa shape index (κ2) is 7.41. The van der Waals surface area contributed by atoms with Crippen molar-refractivity contribution in [1.82, 2.24) is 5.32 Å². The Labute approximate surface area is 150 Å². The SMILES string of the molecule is COc1ccc(Br)cc1C(S)c1ccccc1C1=NCCCN1. The lowest BCUT2D eigenvalue weighted by molar-refractivity contribution is 0.410. The molecule has 0 aromatic heterocycles. The highest BCUT2D eigenvalue weighted by Crippen LogP contribution is 2.37. The maximum absolute atomic E-state index is 5.51. The van der Waals surface area contributed by atoms with Crippen molar-refractivity contribution in [1.29, 1.82) is 0 Å². The third-order valence-electron chi connectivity index (χ3n) is 3.89. The van der Waals surface area contributed by atoms with Gasteiger partial charge in [-0.3, -0.25) is 4.99 Å². The van der Waals surface area contributed by atoms with Crippen LogP contribution in [-0.2, 0) is 0 Å². The van der Waals surface area contributed by atoms with Crippen LogP contribution in [0.15, 0.2) is 51.9 Å². The Bertz CT molecular complexity index is 733. The molecule has 0 spiro atoms. The zero-order valence-corrected chi connectivity index (χ0v) is 15.4. The van der Waals surface area contributed by atoms with Gasteiger partial charge in [0.05, 0.1) is 12.4 Å². The summed E-state index contributed by atoms with van der Waals surface area (Å²) in [6.07, 6.45) is 1.08. The lowest BCUT2D eigenvalue weighted by Gasteiger charge is -2.22. The van der Waals surface area contributed by atoms with E-state index in [-0.39, 0.29) is 5.25 Å². The summed E-state index contributed by atoms with van der Waals surface area (Å²) in [5.74, 6) is 1.79. The molecule has 1 aliphatic heterocycles. The van der Waals surface area contributed by atoms with Crippen molar-refractivity contribution in [3.05, 3.63) is 63.6 Å². The molecule has 3 nitrogen and oxygen atoms in total. The maximum Gasteiger partial charge on any atom is 0.128 e. The molecule has 1 N–H and O–H groups in total. The minimum Gasteiger partial charge on any atom is -0.496 e. The van der Waals surface area contributed by atoms with Crippen molar-refractivity contribution in [2.45, 2.75) is 11.7 Å². The summed E-state index contributed by atoms with van der Waals surface area (Å²) in [5.41, 5.74) is 3.27. The number of rotatable bonds is 4. The molecule has 0 aliphatic carbocycles. The Morgan fingerprint density at radius 1 is 1.22 bits per heavy atom. The van der Waals surface area contributed by atoms with E-state index < -0.39 is 0 Å². The van der Waals surface area contributed by atoms with Gasteiger partial charge < -0.3 is 10.1 Å². The van der Waals surface area contributed by atoms with Crippen molar-refractivity contribution in [2.24, 2.45) is 4.99 Å². The molecule has 0 fully saturated rings. The highest BCUT2D eigenvalue weighted by atomic mass is 79.9. The number of amidine groups is 1. The van der Waals surface area contributed by atoms with Crippen LogP contribution in [-0.4, -0.2) is 26.0 Å². The summed E-state index contributed by atoms with van der Waals surface area (Å²) in [7, 11) is 1.69. The van der Waals surface area contributed by atoms with E-state index in [1.54, 1.807) is 7.11 Å². The van der Waals surface area contributed by atoms with E-state index in [2.05, 4.69) is 44.4 Å². The number of benzene rings is 2. The lowest BCUT2D eigenvalue weighted by atomic mass is 9.97. The molecule has 2 aromatic carbocycles. The topological polar surface area (TPSA) is 33.6 Å². The van der Waals surface area contributed by atoms with Crippen LogP contribution in [0.25, 0.3) is 0 Å². The molecule has 1 unspecified atom stereocenters. The summed E-state index contributed by atoms with van der Waals surface area (Å²) >= 11 is 8.42. The second-order valence-corrected chi connectivity index (χ2v) is 6.82. The highest BCUT2D eigenvalue weighted by Gasteiger charge is 2.20. The number of thiol groups is 1. The van der Waals surface area contributed by atoms with Gasteiger partial charge in [-0.05, 0) is 30.2 Å². The smallest absolute Gasteiger partial charge is 0.128 e. The van der Waals surface area contributed by atoms with Gasteiger partial charge >= 0.3 is 0 Å². The van der Waals surface area contributed by atoms with Crippen LogP contribution in [0.1, 0.15) is 28.4 Å². The first-order chi connectivity index (χ1) is 11.2. The van der Waals surface area contributed by atoms with E-state index in [0.29, 0.717) is 0 Å². The largest absolute Gasteiger partial charge is 0.496 e. The van der Waals surface area contributed by atoms with Gasteiger partial charge in [0.1, 0.15) is 11.6 Å². The molecule has 0 bridgehead atoms. The van der Waals surface area contributed by atoms with Crippen molar-refractivity contribution in [3.8, 4) is 5.75 Å². The fraction of sp³-hybridized carbons (Fsp3) is 0.278. The Morgan fingerprint density at radius 3 is 2.78 bits per heavy atom. The number of methoxy groups -OCH3 is 1. The van der Waals surface area contributed by atoms with Gasteiger partial charge in [-0.2, -0.15) is 12.6 Å². The first-order valence-corrected chi connectivity index (χ1v) is 8.91. The number of hydrogen-bond donors (Lipinski definition) is 2. The van der Waals surface area contributed by atoms with Gasteiger partial charge in [-0.1, -0.05) is 40.2 Å². The quantitative estimate of drug-likeness (QED) is 0.766. The van der Waals surface area contributed by atoms with Crippen LogP contribution in [0, 0.1) is 0 Å². The monoisotopic (exact) mass is 390 g/mol. The van der Waals surface area contributed by atoms with Gasteiger partial charge in [0.25, 0.3) is 0 Å². The first kappa shape index (κ1) is 16.4. The standard InChI is InChI=1S/C18H19BrN2OS/c1-22-16-8-7-12(19)11-15(16)17(23)13-5-2-3-6-14(13)18-20-9-4-10-21-18/h2-3,5-8,11,17,23H,4,9-10H2,1H3,(H,20,21). The van der Waals surface area contributed by atoms with Crippen LogP contribution in [0.2, 0.25) is 0 Å². The molecular weight excluding hydrogens is 372 g/mol. The number of nitrogens with zero attached hydrogens (tertiary/aromatic N) is 1. The summed E-state index contributed by atoms with van der Waals surface area (Å²) in [6.45, 7) is 1.83. The molecule has 1 aliphatic rings. The van der Waals surface area contributed by atoms with E-state index in [4.69, 9.17) is 17.4 Å². The van der Waals surface area contributed by atoms with Crippen LogP contribution >= 0.6 is 28.6 Å². The van der Waals surface area contributed by atoms with Gasteiger partial charge in [-0.15, -0.1) is 0 Å². The minimum absolute atomic E-state index is 0.0925. The predicted molar refractivity (Wildman–Crippen MR) is 102 cm³/mol. The van der Waals surface area contributed by atoms with Crippen molar-refractivity contribution >= 4 is 34.4 Å². The highest BCUT2D eigenvalue weighted by molar-refractivity contribution is 9.10. The van der Waals surface area contributed by atoms with Crippen LogP contribution in [0.3, 0.4) is 0 Å². The summed E-state index contributed by atoms with van der Waals surface area (Å²) in [6, 6.07) is 14.3. The fourth-order valence-electron chi connectivity index (χ4n) is 2.75. The number of aliphatic imine (C=N–C) groups is 1. The molecule has 1 heterocycles. The van der Waals surface area contributed by atoms with Crippen molar-refractivity contribution < 1.29 is 4.74 Å². The molecule has 5 heteroatoms. The van der Waals surface area contributed by atoms with Crippen LogP contribution < -0.4 is 10.1 Å². The number of halogens is 1. The zero-order chi connectivity index (χ0) is 16.2. The molecular formula is C18H19BrN2OS. The number of ether oxygens (including phenoxy) is 1. The molecule has 3 rings (SSSR count). The molecule has 120 valence electrons. The van der Waals surface area contributed by atoms with Gasteiger partial charge in [0, 0.05) is 28.7 Å².